The summed E-state index contributed by atoms with van der Waals surface area (Å²) in [6.07, 6.45) is 0. The van der Waals surface area contributed by atoms with E-state index in [9.17, 15) is 13.2 Å². The van der Waals surface area contributed by atoms with Gasteiger partial charge in [-0.2, -0.15) is 0 Å². The summed E-state index contributed by atoms with van der Waals surface area (Å²) in [5.41, 5.74) is 2.46. The molecule has 4 rings (SSSR count). The molecule has 4 aromatic carbocycles. The second-order valence-corrected chi connectivity index (χ2v) is 10.5. The Balaban J connectivity index is 1.55. The van der Waals surface area contributed by atoms with Crippen molar-refractivity contribution in [1.82, 2.24) is 0 Å². The number of ether oxygens (including phenoxy) is 1. The van der Waals surface area contributed by atoms with Crippen molar-refractivity contribution in [3.05, 3.63) is 113 Å². The van der Waals surface area contributed by atoms with Crippen LogP contribution in [-0.2, 0) is 14.8 Å². The number of amides is 1. The van der Waals surface area contributed by atoms with E-state index in [4.69, 9.17) is 16.3 Å². The van der Waals surface area contributed by atoms with Crippen LogP contribution in [0.2, 0.25) is 5.02 Å². The second kappa shape index (κ2) is 10.8. The van der Waals surface area contributed by atoms with E-state index >= 15 is 0 Å². The zero-order valence-electron chi connectivity index (χ0n) is 19.8. The third-order valence-corrected chi connectivity index (χ3v) is 7.45. The molecule has 0 bridgehead atoms. The summed E-state index contributed by atoms with van der Waals surface area (Å²) in [5.74, 6) is 0.820. The van der Waals surface area contributed by atoms with Crippen molar-refractivity contribution in [3.63, 3.8) is 0 Å². The van der Waals surface area contributed by atoms with Crippen molar-refractivity contribution in [1.29, 1.82) is 0 Å². The molecule has 0 heterocycles. The molecule has 0 aromatic heterocycles. The Morgan fingerprint density at radius 3 is 2.14 bits per heavy atom. The maximum atomic E-state index is 13.6. The van der Waals surface area contributed by atoms with Gasteiger partial charge in [-0.15, -0.1) is 0 Å². The lowest BCUT2D eigenvalue weighted by Crippen LogP contribution is -2.38. The molecule has 184 valence electrons. The highest BCUT2D eigenvalue weighted by atomic mass is 35.5. The zero-order chi connectivity index (χ0) is 25.7. The molecule has 0 unspecified atom stereocenters. The van der Waals surface area contributed by atoms with Gasteiger partial charge in [-0.25, -0.2) is 8.42 Å². The van der Waals surface area contributed by atoms with E-state index in [1.165, 1.54) is 12.1 Å². The first-order chi connectivity index (χ1) is 17.2. The number of halogens is 1. The summed E-state index contributed by atoms with van der Waals surface area (Å²) in [4.78, 5) is 13.1. The molecule has 0 aliphatic carbocycles. The van der Waals surface area contributed by atoms with Crippen LogP contribution in [0.5, 0.6) is 11.5 Å². The van der Waals surface area contributed by atoms with Gasteiger partial charge in [0.05, 0.1) is 10.6 Å². The van der Waals surface area contributed by atoms with E-state index in [0.29, 0.717) is 33.5 Å². The summed E-state index contributed by atoms with van der Waals surface area (Å²) < 4.78 is 34.0. The molecule has 0 aliphatic rings. The third kappa shape index (κ3) is 6.05. The molecule has 1 amide bonds. The number of hydrogen-bond donors (Lipinski definition) is 1. The van der Waals surface area contributed by atoms with Gasteiger partial charge >= 0.3 is 0 Å². The minimum Gasteiger partial charge on any atom is -0.457 e. The van der Waals surface area contributed by atoms with E-state index in [2.05, 4.69) is 5.32 Å². The molecule has 0 saturated heterocycles. The zero-order valence-corrected chi connectivity index (χ0v) is 21.4. The van der Waals surface area contributed by atoms with Crippen LogP contribution in [0.25, 0.3) is 0 Å². The summed E-state index contributed by atoms with van der Waals surface area (Å²) in [5, 5.41) is 3.25. The second-order valence-electron chi connectivity index (χ2n) is 8.24. The van der Waals surface area contributed by atoms with Crippen LogP contribution < -0.4 is 14.4 Å². The largest absolute Gasteiger partial charge is 0.457 e. The SMILES string of the molecule is Cc1ccc(S(=O)(=O)N(CC(=O)Nc2ccc(Oc3ccccc3)cc2)c2ccc(Cl)cc2C)cc1. The molecule has 8 heteroatoms. The molecule has 0 radical (unpaired) electrons. The minimum absolute atomic E-state index is 0.0951. The number of aryl methyl sites for hydroxylation is 2. The Labute approximate surface area is 216 Å². The molecule has 1 N–H and O–H groups in total. The highest BCUT2D eigenvalue weighted by Crippen LogP contribution is 2.29. The summed E-state index contributed by atoms with van der Waals surface area (Å²) in [7, 11) is -4.03. The highest BCUT2D eigenvalue weighted by molar-refractivity contribution is 7.92. The van der Waals surface area contributed by atoms with Gasteiger partial charge in [0.2, 0.25) is 5.91 Å². The number of sulfonamides is 1. The third-order valence-electron chi connectivity index (χ3n) is 5.44. The lowest BCUT2D eigenvalue weighted by molar-refractivity contribution is -0.114. The van der Waals surface area contributed by atoms with E-state index < -0.39 is 22.5 Å². The lowest BCUT2D eigenvalue weighted by Gasteiger charge is -2.26. The van der Waals surface area contributed by atoms with Gasteiger partial charge in [-0.05, 0) is 86.1 Å². The number of para-hydroxylation sites is 1. The average Bonchev–Trinajstić information content (AvgIpc) is 2.85. The minimum atomic E-state index is -4.03. The number of nitrogens with one attached hydrogen (secondary N) is 1. The molecular weight excluding hydrogens is 496 g/mol. The number of carbonyl (C=O) groups excluding carboxylic acids is 1. The fourth-order valence-corrected chi connectivity index (χ4v) is 5.31. The Bertz CT molecular complexity index is 1460. The van der Waals surface area contributed by atoms with Crippen LogP contribution in [-0.4, -0.2) is 20.9 Å². The standard InChI is InChI=1S/C28H25ClN2O4S/c1-20-8-15-26(16-9-20)36(33,34)31(27-17-10-22(29)18-21(27)2)19-28(32)30-23-11-13-25(14-12-23)35-24-6-4-3-5-7-24/h3-18H,19H2,1-2H3,(H,30,32). The van der Waals surface area contributed by atoms with Gasteiger partial charge < -0.3 is 10.1 Å². The average molecular weight is 521 g/mol. The van der Waals surface area contributed by atoms with Crippen LogP contribution in [0.4, 0.5) is 11.4 Å². The predicted octanol–water partition coefficient (Wildman–Crippen LogP) is 6.58. The van der Waals surface area contributed by atoms with E-state index in [-0.39, 0.29) is 4.90 Å². The van der Waals surface area contributed by atoms with Crippen LogP contribution >= 0.6 is 11.6 Å². The van der Waals surface area contributed by atoms with Gasteiger partial charge in [-0.3, -0.25) is 9.10 Å². The number of hydrogen-bond acceptors (Lipinski definition) is 4. The highest BCUT2D eigenvalue weighted by Gasteiger charge is 2.28. The van der Waals surface area contributed by atoms with E-state index in [1.54, 1.807) is 61.5 Å². The molecular formula is C28H25ClN2O4S. The predicted molar refractivity (Wildman–Crippen MR) is 143 cm³/mol. The molecule has 4 aromatic rings. The topological polar surface area (TPSA) is 75.7 Å². The fraction of sp³-hybridized carbons (Fsp3) is 0.107. The molecule has 0 aliphatic heterocycles. The Morgan fingerprint density at radius 2 is 1.50 bits per heavy atom. The molecule has 6 nitrogen and oxygen atoms in total. The Kier molecular flexibility index (Phi) is 7.62. The van der Waals surface area contributed by atoms with Crippen molar-refractivity contribution in [2.45, 2.75) is 18.7 Å². The summed E-state index contributed by atoms with van der Waals surface area (Å²) in [6.45, 7) is 3.21. The van der Waals surface area contributed by atoms with Crippen LogP contribution in [0.1, 0.15) is 11.1 Å². The van der Waals surface area contributed by atoms with Crippen LogP contribution in [0.3, 0.4) is 0 Å². The number of rotatable bonds is 8. The molecule has 0 fully saturated rings. The van der Waals surface area contributed by atoms with E-state index in [1.807, 2.05) is 37.3 Å². The monoisotopic (exact) mass is 520 g/mol. The van der Waals surface area contributed by atoms with Crippen LogP contribution in [0.15, 0.2) is 102 Å². The van der Waals surface area contributed by atoms with Crippen molar-refractivity contribution >= 4 is 38.9 Å². The first-order valence-electron chi connectivity index (χ1n) is 11.2. The summed E-state index contributed by atoms with van der Waals surface area (Å²) >= 11 is 6.09. The summed E-state index contributed by atoms with van der Waals surface area (Å²) in [6, 6.07) is 27.6. The maximum Gasteiger partial charge on any atom is 0.264 e. The number of anilines is 2. The van der Waals surface area contributed by atoms with Crippen LogP contribution in [0, 0.1) is 13.8 Å². The molecule has 0 saturated carbocycles. The van der Waals surface area contributed by atoms with E-state index in [0.717, 1.165) is 9.87 Å². The fourth-order valence-electron chi connectivity index (χ4n) is 3.60. The van der Waals surface area contributed by atoms with Gasteiger partial charge in [0.25, 0.3) is 10.0 Å². The first kappa shape index (κ1) is 25.3. The molecule has 0 atom stereocenters. The van der Waals surface area contributed by atoms with Crippen molar-refractivity contribution in [2.75, 3.05) is 16.2 Å². The normalized spacial score (nSPS) is 11.1. The number of nitrogens with zero attached hydrogens (tertiary/aromatic N) is 1. The first-order valence-corrected chi connectivity index (χ1v) is 13.0. The Hall–Kier alpha value is -3.81. The number of benzene rings is 4. The molecule has 36 heavy (non-hydrogen) atoms. The maximum absolute atomic E-state index is 13.6. The van der Waals surface area contributed by atoms with Gasteiger partial charge in [0.1, 0.15) is 18.0 Å². The van der Waals surface area contributed by atoms with Gasteiger partial charge in [-0.1, -0.05) is 47.5 Å². The van der Waals surface area contributed by atoms with Gasteiger partial charge in [0.15, 0.2) is 0 Å². The van der Waals surface area contributed by atoms with Crippen molar-refractivity contribution in [3.8, 4) is 11.5 Å². The Morgan fingerprint density at radius 1 is 0.861 bits per heavy atom. The quantitative estimate of drug-likeness (QED) is 0.284. The van der Waals surface area contributed by atoms with Gasteiger partial charge in [0, 0.05) is 10.7 Å². The lowest BCUT2D eigenvalue weighted by atomic mass is 10.2. The smallest absolute Gasteiger partial charge is 0.264 e. The van der Waals surface area contributed by atoms with Crippen molar-refractivity contribution in [2.24, 2.45) is 0 Å². The van der Waals surface area contributed by atoms with Crippen molar-refractivity contribution < 1.29 is 17.9 Å². The number of carbonyl (C=O) groups is 1. The molecule has 0 spiro atoms.